The minimum absolute atomic E-state index is 0.233. The molecule has 5 heteroatoms. The largest absolute Gasteiger partial charge is 0.467 e. The fraction of sp³-hybridized carbons (Fsp3) is 0.333. The topological polar surface area (TPSA) is 54.6 Å². The summed E-state index contributed by atoms with van der Waals surface area (Å²) in [6.45, 7) is 2.96. The Balaban J connectivity index is 1.71. The van der Waals surface area contributed by atoms with Crippen LogP contribution in [0.5, 0.6) is 0 Å². The van der Waals surface area contributed by atoms with Gasteiger partial charge in [0.05, 0.1) is 29.7 Å². The Morgan fingerprint density at radius 1 is 1.40 bits per heavy atom. The molecule has 4 nitrogen and oxygen atoms in total. The number of ether oxygens (including phenoxy) is 1. The molecule has 1 heterocycles. The number of hydrogen-bond acceptors (Lipinski definition) is 4. The number of aryl methyl sites for hydroxylation is 1. The molecular formula is C15H18ClNO3. The van der Waals surface area contributed by atoms with Crippen LogP contribution in [0.25, 0.3) is 0 Å². The van der Waals surface area contributed by atoms with Gasteiger partial charge in [0.1, 0.15) is 12.4 Å². The summed E-state index contributed by atoms with van der Waals surface area (Å²) in [6.07, 6.45) is 0.984. The molecule has 0 amide bonds. The molecule has 0 aliphatic carbocycles. The Labute approximate surface area is 123 Å². The average Bonchev–Trinajstić information content (AvgIpc) is 2.93. The van der Waals surface area contributed by atoms with Gasteiger partial charge in [0.2, 0.25) is 0 Å². The molecule has 0 spiro atoms. The summed E-state index contributed by atoms with van der Waals surface area (Å²) in [6, 6.07) is 9.35. The Kier molecular flexibility index (Phi) is 5.47. The molecular weight excluding hydrogens is 278 g/mol. The zero-order chi connectivity index (χ0) is 14.4. The number of aliphatic hydroxyl groups is 1. The summed E-state index contributed by atoms with van der Waals surface area (Å²) in [5.41, 5.74) is 1.93. The van der Waals surface area contributed by atoms with Gasteiger partial charge in [-0.3, -0.25) is 0 Å². The number of furan rings is 1. The van der Waals surface area contributed by atoms with Crippen molar-refractivity contribution in [2.45, 2.75) is 19.6 Å². The number of nitrogens with one attached hydrogen (secondary N) is 1. The van der Waals surface area contributed by atoms with E-state index >= 15 is 0 Å². The maximum atomic E-state index is 9.84. The summed E-state index contributed by atoms with van der Waals surface area (Å²) in [5, 5.41) is 13.6. The van der Waals surface area contributed by atoms with Crippen molar-refractivity contribution in [3.05, 3.63) is 52.9 Å². The summed E-state index contributed by atoms with van der Waals surface area (Å²) in [5.74, 6) is 0.742. The second-order valence-electron chi connectivity index (χ2n) is 4.61. The molecule has 2 N–H and O–H groups in total. The van der Waals surface area contributed by atoms with E-state index < -0.39 is 6.10 Å². The highest BCUT2D eigenvalue weighted by Crippen LogP contribution is 2.22. The van der Waals surface area contributed by atoms with Gasteiger partial charge < -0.3 is 19.6 Å². The summed E-state index contributed by atoms with van der Waals surface area (Å²) < 4.78 is 10.5. The Morgan fingerprint density at radius 3 is 3.00 bits per heavy atom. The quantitative estimate of drug-likeness (QED) is 0.823. The minimum Gasteiger partial charge on any atom is -0.467 e. The van der Waals surface area contributed by atoms with E-state index in [4.69, 9.17) is 20.8 Å². The van der Waals surface area contributed by atoms with E-state index in [1.165, 1.54) is 0 Å². The van der Waals surface area contributed by atoms with Crippen LogP contribution < -0.4 is 5.32 Å². The molecule has 2 rings (SSSR count). The van der Waals surface area contributed by atoms with E-state index in [2.05, 4.69) is 5.32 Å². The lowest BCUT2D eigenvalue weighted by Gasteiger charge is -2.14. The second kappa shape index (κ2) is 7.33. The number of halogens is 1. The van der Waals surface area contributed by atoms with E-state index in [1.54, 1.807) is 12.3 Å². The lowest BCUT2D eigenvalue weighted by Crippen LogP contribution is -2.24. The smallest absolute Gasteiger partial charge is 0.129 e. The van der Waals surface area contributed by atoms with Gasteiger partial charge in [0.25, 0.3) is 0 Å². The molecule has 1 unspecified atom stereocenters. The van der Waals surface area contributed by atoms with Crippen molar-refractivity contribution in [1.29, 1.82) is 0 Å². The van der Waals surface area contributed by atoms with Crippen LogP contribution in [0.2, 0.25) is 5.02 Å². The van der Waals surface area contributed by atoms with Gasteiger partial charge in [-0.1, -0.05) is 17.7 Å². The SMILES string of the molecule is Cc1ccc(Cl)c(NCC(O)COCc2ccco2)c1. The first kappa shape index (κ1) is 14.9. The summed E-state index contributed by atoms with van der Waals surface area (Å²) in [4.78, 5) is 0. The Bertz CT molecular complexity index is 528. The molecule has 2 aromatic rings. The highest BCUT2D eigenvalue weighted by atomic mass is 35.5. The molecule has 0 aliphatic heterocycles. The van der Waals surface area contributed by atoms with Gasteiger partial charge in [0, 0.05) is 6.54 Å². The maximum absolute atomic E-state index is 9.84. The standard InChI is InChI=1S/C15H18ClNO3/c1-11-4-5-14(16)15(7-11)17-8-12(18)9-19-10-13-3-2-6-20-13/h2-7,12,17-18H,8-10H2,1H3. The molecule has 1 atom stereocenters. The number of anilines is 1. The zero-order valence-corrected chi connectivity index (χ0v) is 12.1. The van der Waals surface area contributed by atoms with Crippen molar-refractivity contribution < 1.29 is 14.3 Å². The van der Waals surface area contributed by atoms with Gasteiger partial charge in [-0.25, -0.2) is 0 Å². The third-order valence-electron chi connectivity index (χ3n) is 2.78. The third kappa shape index (κ3) is 4.56. The van der Waals surface area contributed by atoms with Crippen molar-refractivity contribution in [2.75, 3.05) is 18.5 Å². The van der Waals surface area contributed by atoms with Crippen LogP contribution >= 0.6 is 11.6 Å². The van der Waals surface area contributed by atoms with E-state index in [9.17, 15) is 5.11 Å². The van der Waals surface area contributed by atoms with E-state index in [1.807, 2.05) is 31.2 Å². The average molecular weight is 296 g/mol. The number of aliphatic hydroxyl groups excluding tert-OH is 1. The second-order valence-corrected chi connectivity index (χ2v) is 5.02. The van der Waals surface area contributed by atoms with Crippen molar-refractivity contribution in [2.24, 2.45) is 0 Å². The van der Waals surface area contributed by atoms with Gasteiger partial charge in [-0.15, -0.1) is 0 Å². The number of benzene rings is 1. The first-order chi connectivity index (χ1) is 9.65. The zero-order valence-electron chi connectivity index (χ0n) is 11.3. The van der Waals surface area contributed by atoms with Crippen LogP contribution in [-0.4, -0.2) is 24.4 Å². The molecule has 0 fully saturated rings. The molecule has 0 radical (unpaired) electrons. The molecule has 108 valence electrons. The molecule has 0 saturated carbocycles. The van der Waals surface area contributed by atoms with Crippen LogP contribution in [-0.2, 0) is 11.3 Å². The molecule has 1 aromatic heterocycles. The monoisotopic (exact) mass is 295 g/mol. The highest BCUT2D eigenvalue weighted by Gasteiger charge is 2.07. The number of hydrogen-bond donors (Lipinski definition) is 2. The van der Waals surface area contributed by atoms with Crippen molar-refractivity contribution in [3.63, 3.8) is 0 Å². The van der Waals surface area contributed by atoms with Gasteiger partial charge in [-0.2, -0.15) is 0 Å². The summed E-state index contributed by atoms with van der Waals surface area (Å²) >= 11 is 6.06. The van der Waals surface area contributed by atoms with Crippen LogP contribution in [0.15, 0.2) is 41.0 Å². The Morgan fingerprint density at radius 2 is 2.25 bits per heavy atom. The van der Waals surface area contributed by atoms with Crippen molar-refractivity contribution >= 4 is 17.3 Å². The maximum Gasteiger partial charge on any atom is 0.129 e. The van der Waals surface area contributed by atoms with Crippen LogP contribution in [0.4, 0.5) is 5.69 Å². The van der Waals surface area contributed by atoms with Gasteiger partial charge in [-0.05, 0) is 36.8 Å². The first-order valence-corrected chi connectivity index (χ1v) is 6.81. The molecule has 20 heavy (non-hydrogen) atoms. The van der Waals surface area contributed by atoms with E-state index in [0.717, 1.165) is 17.0 Å². The lowest BCUT2D eigenvalue weighted by atomic mass is 10.2. The normalized spacial score (nSPS) is 12.3. The minimum atomic E-state index is -0.610. The molecule has 0 aliphatic rings. The van der Waals surface area contributed by atoms with E-state index in [-0.39, 0.29) is 6.61 Å². The first-order valence-electron chi connectivity index (χ1n) is 6.43. The summed E-state index contributed by atoms with van der Waals surface area (Å²) in [7, 11) is 0. The van der Waals surface area contributed by atoms with E-state index in [0.29, 0.717) is 18.2 Å². The predicted molar refractivity (Wildman–Crippen MR) is 79.0 cm³/mol. The van der Waals surface area contributed by atoms with Gasteiger partial charge in [0.15, 0.2) is 0 Å². The van der Waals surface area contributed by atoms with Crippen molar-refractivity contribution in [1.82, 2.24) is 0 Å². The fourth-order valence-electron chi connectivity index (χ4n) is 1.75. The highest BCUT2D eigenvalue weighted by molar-refractivity contribution is 6.33. The predicted octanol–water partition coefficient (Wildman–Crippen LogP) is 3.23. The van der Waals surface area contributed by atoms with Crippen molar-refractivity contribution in [3.8, 4) is 0 Å². The van der Waals surface area contributed by atoms with Crippen LogP contribution in [0.3, 0.4) is 0 Å². The molecule has 0 saturated heterocycles. The molecule has 1 aromatic carbocycles. The number of rotatable bonds is 7. The van der Waals surface area contributed by atoms with Crippen LogP contribution in [0, 0.1) is 6.92 Å². The Hall–Kier alpha value is -1.49. The lowest BCUT2D eigenvalue weighted by molar-refractivity contribution is 0.0282. The third-order valence-corrected chi connectivity index (χ3v) is 3.11. The van der Waals surface area contributed by atoms with Gasteiger partial charge >= 0.3 is 0 Å². The fourth-order valence-corrected chi connectivity index (χ4v) is 1.94. The molecule has 0 bridgehead atoms. The van der Waals surface area contributed by atoms with Crippen LogP contribution in [0.1, 0.15) is 11.3 Å².